The van der Waals surface area contributed by atoms with E-state index in [4.69, 9.17) is 11.6 Å². The van der Waals surface area contributed by atoms with Crippen LogP contribution in [0.3, 0.4) is 0 Å². The van der Waals surface area contributed by atoms with Crippen LogP contribution in [0.1, 0.15) is 10.4 Å². The molecule has 2 rings (SSSR count). The van der Waals surface area contributed by atoms with Crippen molar-refractivity contribution in [3.8, 4) is 0 Å². The summed E-state index contributed by atoms with van der Waals surface area (Å²) in [5, 5.41) is 0.593. The van der Waals surface area contributed by atoms with Gasteiger partial charge in [-0.15, -0.1) is 11.8 Å². The minimum absolute atomic E-state index is 0.0916. The summed E-state index contributed by atoms with van der Waals surface area (Å²) in [6, 6.07) is 11.6. The zero-order valence-corrected chi connectivity index (χ0v) is 12.9. The first-order chi connectivity index (χ1) is 9.08. The first-order valence-electron chi connectivity index (χ1n) is 5.43. The van der Waals surface area contributed by atoms with Crippen LogP contribution in [-0.2, 0) is 0 Å². The third-order valence-electron chi connectivity index (χ3n) is 2.42. The first-order valence-corrected chi connectivity index (χ1v) is 7.59. The maximum atomic E-state index is 13.5. The number of carbonyl (C=O) groups is 1. The molecule has 0 aliphatic rings. The van der Waals surface area contributed by atoms with Crippen LogP contribution < -0.4 is 0 Å². The number of hydrogen-bond donors (Lipinski definition) is 0. The Bertz CT molecular complexity index is 618. The van der Waals surface area contributed by atoms with E-state index < -0.39 is 5.82 Å². The van der Waals surface area contributed by atoms with Gasteiger partial charge >= 0.3 is 0 Å². The Balaban J connectivity index is 2.10. The number of hydrogen-bond acceptors (Lipinski definition) is 2. The second kappa shape index (κ2) is 6.55. The summed E-state index contributed by atoms with van der Waals surface area (Å²) >= 11 is 10.5. The molecule has 0 aliphatic heterocycles. The number of ketones is 1. The largest absolute Gasteiger partial charge is 0.293 e. The van der Waals surface area contributed by atoms with Gasteiger partial charge in [-0.3, -0.25) is 4.79 Å². The molecule has 0 heterocycles. The summed E-state index contributed by atoms with van der Waals surface area (Å²) in [4.78, 5) is 12.8. The van der Waals surface area contributed by atoms with Crippen LogP contribution >= 0.6 is 39.3 Å². The molecule has 0 amide bonds. The van der Waals surface area contributed by atoms with Gasteiger partial charge in [-0.05, 0) is 30.3 Å². The molecule has 5 heteroatoms. The van der Waals surface area contributed by atoms with Crippen LogP contribution in [0.15, 0.2) is 51.8 Å². The lowest BCUT2D eigenvalue weighted by atomic mass is 10.1. The van der Waals surface area contributed by atoms with Gasteiger partial charge in [0.05, 0.1) is 16.3 Å². The molecule has 2 aromatic carbocycles. The van der Waals surface area contributed by atoms with Crippen LogP contribution in [0, 0.1) is 5.82 Å². The Hall–Kier alpha value is -0.840. The van der Waals surface area contributed by atoms with Crippen molar-refractivity contribution >= 4 is 45.1 Å². The van der Waals surface area contributed by atoms with Crippen LogP contribution in [0.4, 0.5) is 4.39 Å². The van der Waals surface area contributed by atoms with Gasteiger partial charge in [0.25, 0.3) is 0 Å². The van der Waals surface area contributed by atoms with Gasteiger partial charge in [0, 0.05) is 9.37 Å². The number of Topliss-reactive ketones (excluding diaryl/α,β-unsaturated/α-hetero) is 1. The number of rotatable bonds is 4. The lowest BCUT2D eigenvalue weighted by molar-refractivity contribution is 0.101. The van der Waals surface area contributed by atoms with E-state index in [0.717, 1.165) is 4.90 Å². The molecule has 0 aromatic heterocycles. The van der Waals surface area contributed by atoms with E-state index in [-0.39, 0.29) is 17.1 Å². The summed E-state index contributed by atoms with van der Waals surface area (Å²) in [7, 11) is 0. The van der Waals surface area contributed by atoms with E-state index in [1.807, 2.05) is 18.2 Å². The highest BCUT2D eigenvalue weighted by molar-refractivity contribution is 9.10. The van der Waals surface area contributed by atoms with Crippen molar-refractivity contribution in [1.82, 2.24) is 0 Å². The molecule has 19 heavy (non-hydrogen) atoms. The van der Waals surface area contributed by atoms with Crippen molar-refractivity contribution < 1.29 is 9.18 Å². The number of carbonyl (C=O) groups excluding carboxylic acids is 1. The van der Waals surface area contributed by atoms with Gasteiger partial charge in [0.1, 0.15) is 5.82 Å². The van der Waals surface area contributed by atoms with Crippen molar-refractivity contribution in [3.05, 3.63) is 63.3 Å². The maximum Gasteiger partial charge on any atom is 0.176 e. The number of benzene rings is 2. The van der Waals surface area contributed by atoms with E-state index in [2.05, 4.69) is 15.9 Å². The fourth-order valence-corrected chi connectivity index (χ4v) is 2.98. The predicted molar refractivity (Wildman–Crippen MR) is 80.6 cm³/mol. The van der Waals surface area contributed by atoms with Crippen LogP contribution in [-0.4, -0.2) is 11.5 Å². The van der Waals surface area contributed by atoms with E-state index in [1.165, 1.54) is 23.9 Å². The monoisotopic (exact) mass is 358 g/mol. The van der Waals surface area contributed by atoms with E-state index in [0.29, 0.717) is 9.50 Å². The Morgan fingerprint density at radius 1 is 1.26 bits per heavy atom. The van der Waals surface area contributed by atoms with Gasteiger partial charge in [-0.25, -0.2) is 4.39 Å². The van der Waals surface area contributed by atoms with Gasteiger partial charge in [0.2, 0.25) is 0 Å². The van der Waals surface area contributed by atoms with Crippen molar-refractivity contribution in [2.45, 2.75) is 4.90 Å². The van der Waals surface area contributed by atoms with Crippen LogP contribution in [0.5, 0.6) is 0 Å². The highest BCUT2D eigenvalue weighted by Crippen LogP contribution is 2.27. The van der Waals surface area contributed by atoms with Crippen molar-refractivity contribution in [3.63, 3.8) is 0 Å². The summed E-state index contributed by atoms with van der Waals surface area (Å²) in [6.45, 7) is 0. The van der Waals surface area contributed by atoms with Gasteiger partial charge < -0.3 is 0 Å². The molecule has 0 unspecified atom stereocenters. The second-order valence-corrected chi connectivity index (χ2v) is 6.11. The molecular weight excluding hydrogens is 351 g/mol. The fourth-order valence-electron chi connectivity index (χ4n) is 1.49. The Morgan fingerprint density at radius 3 is 2.74 bits per heavy atom. The molecule has 98 valence electrons. The maximum absolute atomic E-state index is 13.5. The molecule has 0 N–H and O–H groups in total. The molecule has 0 spiro atoms. The lowest BCUT2D eigenvalue weighted by Gasteiger charge is -2.05. The summed E-state index contributed by atoms with van der Waals surface area (Å²) < 4.78 is 14.2. The zero-order valence-electron chi connectivity index (χ0n) is 9.70. The number of halogens is 3. The second-order valence-electron chi connectivity index (χ2n) is 3.77. The normalized spacial score (nSPS) is 10.5. The van der Waals surface area contributed by atoms with E-state index >= 15 is 0 Å². The molecule has 0 atom stereocenters. The molecule has 0 aliphatic carbocycles. The summed E-state index contributed by atoms with van der Waals surface area (Å²) in [5.74, 6) is -0.617. The molecule has 0 saturated carbocycles. The fraction of sp³-hybridized carbons (Fsp3) is 0.0714. The quantitative estimate of drug-likeness (QED) is 0.550. The number of thioether (sulfide) groups is 1. The van der Waals surface area contributed by atoms with Gasteiger partial charge in [-0.1, -0.05) is 39.7 Å². The average molecular weight is 360 g/mol. The molecule has 0 saturated heterocycles. The zero-order chi connectivity index (χ0) is 13.8. The first kappa shape index (κ1) is 14.6. The minimum Gasteiger partial charge on any atom is -0.293 e. The van der Waals surface area contributed by atoms with Crippen LogP contribution in [0.2, 0.25) is 5.02 Å². The minimum atomic E-state index is -0.507. The summed E-state index contributed by atoms with van der Waals surface area (Å²) in [5.41, 5.74) is 0.0916. The van der Waals surface area contributed by atoms with Crippen molar-refractivity contribution in [2.24, 2.45) is 0 Å². The van der Waals surface area contributed by atoms with Crippen molar-refractivity contribution in [1.29, 1.82) is 0 Å². The standard InChI is InChI=1S/C14H9BrClFOS/c15-9-5-6-12(17)10(7-9)13(18)8-19-14-4-2-1-3-11(14)16/h1-7H,8H2. The van der Waals surface area contributed by atoms with E-state index in [9.17, 15) is 9.18 Å². The van der Waals surface area contributed by atoms with E-state index in [1.54, 1.807) is 12.1 Å². The van der Waals surface area contributed by atoms with Gasteiger partial charge in [0.15, 0.2) is 5.78 Å². The Kier molecular flexibility index (Phi) is 5.02. The topological polar surface area (TPSA) is 17.1 Å². The third kappa shape index (κ3) is 3.81. The molecular formula is C14H9BrClFOS. The molecule has 0 radical (unpaired) electrons. The molecule has 1 nitrogen and oxygen atoms in total. The highest BCUT2D eigenvalue weighted by atomic mass is 79.9. The van der Waals surface area contributed by atoms with Crippen molar-refractivity contribution in [2.75, 3.05) is 5.75 Å². The Labute approximate surface area is 128 Å². The highest BCUT2D eigenvalue weighted by Gasteiger charge is 2.13. The molecule has 0 fully saturated rings. The molecule has 0 bridgehead atoms. The average Bonchev–Trinajstić information content (AvgIpc) is 2.40. The molecule has 2 aromatic rings. The van der Waals surface area contributed by atoms with Crippen LogP contribution in [0.25, 0.3) is 0 Å². The lowest BCUT2D eigenvalue weighted by Crippen LogP contribution is -2.05. The SMILES string of the molecule is O=C(CSc1ccccc1Cl)c1cc(Br)ccc1F. The third-order valence-corrected chi connectivity index (χ3v) is 4.43. The predicted octanol–water partition coefficient (Wildman–Crippen LogP) is 5.22. The Morgan fingerprint density at radius 2 is 2.00 bits per heavy atom. The van der Waals surface area contributed by atoms with Gasteiger partial charge in [-0.2, -0.15) is 0 Å². The summed E-state index contributed by atoms with van der Waals surface area (Å²) in [6.07, 6.45) is 0. The smallest absolute Gasteiger partial charge is 0.176 e.